The number of halogens is 2. The molecule has 18 heavy (non-hydrogen) atoms. The van der Waals surface area contributed by atoms with E-state index in [0.29, 0.717) is 16.6 Å². The number of phenols is 1. The molecule has 4 N–H and O–H groups in total. The summed E-state index contributed by atoms with van der Waals surface area (Å²) < 4.78 is 0.553. The third-order valence-electron chi connectivity index (χ3n) is 2.40. The van der Waals surface area contributed by atoms with Crippen LogP contribution in [0.4, 0.5) is 5.69 Å². The van der Waals surface area contributed by atoms with Crippen molar-refractivity contribution in [2.75, 3.05) is 5.32 Å². The number of aryl methyl sites for hydroxylation is 1. The lowest BCUT2D eigenvalue weighted by Crippen LogP contribution is -2.35. The number of carbonyl (C=O) groups excluding carboxylic acids is 1. The summed E-state index contributed by atoms with van der Waals surface area (Å²) in [5, 5.41) is 12.4. The van der Waals surface area contributed by atoms with Gasteiger partial charge in [-0.1, -0.05) is 13.3 Å². The molecule has 1 unspecified atom stereocenters. The highest BCUT2D eigenvalue weighted by Crippen LogP contribution is 2.33. The van der Waals surface area contributed by atoms with Crippen molar-refractivity contribution in [1.29, 1.82) is 0 Å². The monoisotopic (exact) mass is 336 g/mol. The molecule has 0 radical (unpaired) electrons. The topological polar surface area (TPSA) is 75.4 Å². The van der Waals surface area contributed by atoms with Crippen LogP contribution in [0.3, 0.4) is 0 Å². The lowest BCUT2D eigenvalue weighted by Gasteiger charge is -2.13. The minimum Gasteiger partial charge on any atom is -0.505 e. The lowest BCUT2D eigenvalue weighted by molar-refractivity contribution is -0.117. The summed E-state index contributed by atoms with van der Waals surface area (Å²) in [5.74, 6) is -0.257. The summed E-state index contributed by atoms with van der Waals surface area (Å²) in [6.45, 7) is 3.85. The first-order chi connectivity index (χ1) is 7.95. The van der Waals surface area contributed by atoms with Gasteiger partial charge in [0.15, 0.2) is 5.75 Å². The average Bonchev–Trinajstić information content (AvgIpc) is 2.25. The van der Waals surface area contributed by atoms with Gasteiger partial charge in [-0.3, -0.25) is 4.79 Å². The van der Waals surface area contributed by atoms with E-state index in [1.165, 1.54) is 0 Å². The molecule has 0 fully saturated rings. The van der Waals surface area contributed by atoms with Gasteiger partial charge < -0.3 is 16.2 Å². The van der Waals surface area contributed by atoms with Crippen molar-refractivity contribution in [2.45, 2.75) is 32.7 Å². The van der Waals surface area contributed by atoms with Crippen LogP contribution in [0.25, 0.3) is 0 Å². The lowest BCUT2D eigenvalue weighted by atomic mass is 10.1. The number of nitrogens with one attached hydrogen (secondary N) is 1. The van der Waals surface area contributed by atoms with Crippen LogP contribution in [0.1, 0.15) is 25.3 Å². The number of carbonyl (C=O) groups is 1. The highest BCUT2D eigenvalue weighted by molar-refractivity contribution is 9.10. The van der Waals surface area contributed by atoms with Gasteiger partial charge in [0, 0.05) is 0 Å². The molecule has 0 bridgehead atoms. The van der Waals surface area contributed by atoms with E-state index in [-0.39, 0.29) is 24.1 Å². The summed E-state index contributed by atoms with van der Waals surface area (Å²) in [6.07, 6.45) is 1.47. The quantitative estimate of drug-likeness (QED) is 0.739. The van der Waals surface area contributed by atoms with Crippen molar-refractivity contribution < 1.29 is 9.90 Å². The number of amides is 1. The Hall–Kier alpha value is -0.780. The van der Waals surface area contributed by atoms with Crippen molar-refractivity contribution in [3.05, 3.63) is 22.2 Å². The molecule has 0 aliphatic rings. The van der Waals surface area contributed by atoms with Crippen molar-refractivity contribution in [3.8, 4) is 5.75 Å². The van der Waals surface area contributed by atoms with E-state index >= 15 is 0 Å². The van der Waals surface area contributed by atoms with E-state index in [1.54, 1.807) is 12.1 Å². The normalized spacial score (nSPS) is 11.6. The summed E-state index contributed by atoms with van der Waals surface area (Å²) in [4.78, 5) is 11.7. The Kier molecular flexibility index (Phi) is 7.28. The number of hydrogen-bond acceptors (Lipinski definition) is 3. The Morgan fingerprint density at radius 2 is 2.17 bits per heavy atom. The molecule has 0 aromatic heterocycles. The molecule has 1 aromatic carbocycles. The Morgan fingerprint density at radius 3 is 2.72 bits per heavy atom. The molecule has 1 aromatic rings. The number of rotatable bonds is 4. The molecule has 1 atom stereocenters. The molecule has 6 heteroatoms. The van der Waals surface area contributed by atoms with Crippen molar-refractivity contribution >= 4 is 39.9 Å². The van der Waals surface area contributed by atoms with Gasteiger partial charge in [-0.15, -0.1) is 12.4 Å². The van der Waals surface area contributed by atoms with Crippen molar-refractivity contribution in [2.24, 2.45) is 5.73 Å². The third-order valence-corrected chi connectivity index (χ3v) is 3.01. The molecular formula is C12H18BrClN2O2. The highest BCUT2D eigenvalue weighted by Gasteiger charge is 2.15. The summed E-state index contributed by atoms with van der Waals surface area (Å²) in [6, 6.07) is 2.94. The van der Waals surface area contributed by atoms with Crippen LogP contribution in [-0.4, -0.2) is 17.1 Å². The van der Waals surface area contributed by atoms with Gasteiger partial charge in [0.25, 0.3) is 0 Å². The molecule has 0 heterocycles. The zero-order chi connectivity index (χ0) is 13.0. The fourth-order valence-corrected chi connectivity index (χ4v) is 2.07. The Balaban J connectivity index is 0.00000289. The van der Waals surface area contributed by atoms with Crippen LogP contribution in [0.2, 0.25) is 0 Å². The first-order valence-corrected chi connectivity index (χ1v) is 6.30. The molecular weight excluding hydrogens is 320 g/mol. The zero-order valence-corrected chi connectivity index (χ0v) is 12.8. The molecule has 102 valence electrons. The standard InChI is InChI=1S/C12H17BrN2O2.ClH/c1-3-4-9(14)12(17)15-10-6-7(2)5-8(13)11(10)16;/h5-6,9,16H,3-4,14H2,1-2H3,(H,15,17);1H. The van der Waals surface area contributed by atoms with Gasteiger partial charge in [-0.05, 0) is 47.0 Å². The van der Waals surface area contributed by atoms with Crippen LogP contribution in [0.15, 0.2) is 16.6 Å². The van der Waals surface area contributed by atoms with Crippen LogP contribution in [-0.2, 0) is 4.79 Å². The van der Waals surface area contributed by atoms with Crippen LogP contribution < -0.4 is 11.1 Å². The summed E-state index contributed by atoms with van der Waals surface area (Å²) >= 11 is 3.22. The number of anilines is 1. The molecule has 1 rings (SSSR count). The first kappa shape index (κ1) is 17.2. The van der Waals surface area contributed by atoms with E-state index < -0.39 is 6.04 Å². The zero-order valence-electron chi connectivity index (χ0n) is 10.4. The predicted octanol–water partition coefficient (Wildman–Crippen LogP) is 2.95. The maximum atomic E-state index is 11.7. The number of benzene rings is 1. The molecule has 0 spiro atoms. The Bertz CT molecular complexity index is 427. The van der Waals surface area contributed by atoms with Gasteiger partial charge in [0.2, 0.25) is 5.91 Å². The van der Waals surface area contributed by atoms with E-state index in [0.717, 1.165) is 12.0 Å². The second-order valence-corrected chi connectivity index (χ2v) is 4.88. The van der Waals surface area contributed by atoms with E-state index in [4.69, 9.17) is 5.73 Å². The predicted molar refractivity (Wildman–Crippen MR) is 79.3 cm³/mol. The highest BCUT2D eigenvalue weighted by atomic mass is 79.9. The van der Waals surface area contributed by atoms with Gasteiger partial charge in [-0.2, -0.15) is 0 Å². The molecule has 0 saturated heterocycles. The molecule has 4 nitrogen and oxygen atoms in total. The van der Waals surface area contributed by atoms with Gasteiger partial charge in [0.1, 0.15) is 0 Å². The van der Waals surface area contributed by atoms with E-state index in [1.807, 2.05) is 13.8 Å². The van der Waals surface area contributed by atoms with E-state index in [9.17, 15) is 9.90 Å². The smallest absolute Gasteiger partial charge is 0.241 e. The fraction of sp³-hybridized carbons (Fsp3) is 0.417. The second kappa shape index (κ2) is 7.61. The Morgan fingerprint density at radius 1 is 1.56 bits per heavy atom. The summed E-state index contributed by atoms with van der Waals surface area (Å²) in [7, 11) is 0. The summed E-state index contributed by atoms with van der Waals surface area (Å²) in [5.41, 5.74) is 7.02. The van der Waals surface area contributed by atoms with Gasteiger partial charge in [0.05, 0.1) is 16.2 Å². The maximum absolute atomic E-state index is 11.7. The molecule has 1 amide bonds. The third kappa shape index (κ3) is 4.48. The van der Waals surface area contributed by atoms with Crippen LogP contribution in [0.5, 0.6) is 5.75 Å². The van der Waals surface area contributed by atoms with Gasteiger partial charge in [-0.25, -0.2) is 0 Å². The maximum Gasteiger partial charge on any atom is 0.241 e. The molecule has 0 aliphatic heterocycles. The Labute approximate surface area is 121 Å². The molecule has 0 aliphatic carbocycles. The van der Waals surface area contributed by atoms with E-state index in [2.05, 4.69) is 21.2 Å². The number of aromatic hydroxyl groups is 1. The van der Waals surface area contributed by atoms with Crippen LogP contribution >= 0.6 is 28.3 Å². The largest absolute Gasteiger partial charge is 0.505 e. The number of nitrogens with two attached hydrogens (primary N) is 1. The second-order valence-electron chi connectivity index (χ2n) is 4.03. The first-order valence-electron chi connectivity index (χ1n) is 5.51. The SMILES string of the molecule is CCCC(N)C(=O)Nc1cc(C)cc(Br)c1O.Cl. The van der Waals surface area contributed by atoms with Gasteiger partial charge >= 0.3 is 0 Å². The number of phenolic OH excluding ortho intramolecular Hbond substituents is 1. The number of hydrogen-bond donors (Lipinski definition) is 3. The van der Waals surface area contributed by atoms with Crippen LogP contribution in [0, 0.1) is 6.92 Å². The minimum absolute atomic E-state index is 0. The molecule has 0 saturated carbocycles. The van der Waals surface area contributed by atoms with Crippen molar-refractivity contribution in [1.82, 2.24) is 0 Å². The average molecular weight is 338 g/mol. The minimum atomic E-state index is -0.543. The fourth-order valence-electron chi connectivity index (χ4n) is 1.50. The van der Waals surface area contributed by atoms with Crippen molar-refractivity contribution in [3.63, 3.8) is 0 Å².